The highest BCUT2D eigenvalue weighted by atomic mass is 16.1. The number of nitrogens with zero attached hydrogens (tertiary/aromatic N) is 4. The van der Waals surface area contributed by atoms with Crippen LogP contribution in [-0.4, -0.2) is 24.2 Å². The molecule has 5 nitrogen and oxygen atoms in total. The molecule has 5 heteroatoms. The Morgan fingerprint density at radius 1 is 1.75 bits per heavy atom. The lowest BCUT2D eigenvalue weighted by molar-refractivity contribution is -0.577. The van der Waals surface area contributed by atoms with Gasteiger partial charge in [-0.1, -0.05) is 0 Å². The Hall–Kier alpha value is -1.13. The van der Waals surface area contributed by atoms with Crippen LogP contribution < -0.4 is 0 Å². The van der Waals surface area contributed by atoms with Gasteiger partial charge in [0.05, 0.1) is 0 Å². The van der Waals surface area contributed by atoms with Crippen LogP contribution in [0.1, 0.15) is 0 Å². The molecule has 0 saturated heterocycles. The van der Waals surface area contributed by atoms with E-state index in [-0.39, 0.29) is 0 Å². The number of carbonyl (C=O) groups is 1. The molecule has 1 rings (SSSR count). The molecule has 1 unspecified atom stereocenters. The number of likely N-dealkylation sites (N-methyl/N-ethyl adjacent to an activating group) is 1. The van der Waals surface area contributed by atoms with Gasteiger partial charge in [0.2, 0.25) is 5.22 Å². The van der Waals surface area contributed by atoms with E-state index in [2.05, 4.69) is 15.6 Å². The van der Waals surface area contributed by atoms with Crippen molar-refractivity contribution < 1.29 is 9.49 Å². The van der Waals surface area contributed by atoms with E-state index in [9.17, 15) is 4.79 Å². The summed E-state index contributed by atoms with van der Waals surface area (Å²) >= 11 is 0. The summed E-state index contributed by atoms with van der Waals surface area (Å²) in [5, 5.41) is 10.2. The van der Waals surface area contributed by atoms with Gasteiger partial charge >= 0.3 is 6.17 Å². The van der Waals surface area contributed by atoms with E-state index in [0.717, 1.165) is 0 Å². The van der Waals surface area contributed by atoms with Crippen molar-refractivity contribution in [2.45, 2.75) is 6.17 Å². The summed E-state index contributed by atoms with van der Waals surface area (Å²) in [5.41, 5.74) is 0. The summed E-state index contributed by atoms with van der Waals surface area (Å²) in [7, 11) is 1.64. The number of hydrogen-bond acceptors (Lipinski definition) is 4. The highest BCUT2D eigenvalue weighted by Gasteiger charge is 2.20. The molecule has 0 aromatic carbocycles. The van der Waals surface area contributed by atoms with Crippen molar-refractivity contribution in [3.63, 3.8) is 0 Å². The smallest absolute Gasteiger partial charge is 0.296 e. The zero-order valence-corrected chi connectivity index (χ0v) is 4.35. The van der Waals surface area contributed by atoms with Crippen LogP contribution in [0.4, 0.5) is 0 Å². The SMILES string of the molecule is C[N+]1=NN=NC1C=O. The third-order valence-corrected chi connectivity index (χ3v) is 0.856. The van der Waals surface area contributed by atoms with Crippen LogP contribution in [0.15, 0.2) is 15.6 Å². The quantitative estimate of drug-likeness (QED) is 0.348. The molecule has 0 aromatic rings. The zero-order valence-electron chi connectivity index (χ0n) is 4.35. The first-order valence-electron chi connectivity index (χ1n) is 2.13. The molecule has 0 amide bonds. The third kappa shape index (κ3) is 0.617. The predicted octanol–water partition coefficient (Wildman–Crippen LogP) is -0.0133. The van der Waals surface area contributed by atoms with Crippen LogP contribution in [-0.2, 0) is 4.79 Å². The standard InChI is InChI=1S/C3H5N4O/c1-7-3(2-8)4-5-6-7/h2-3H,1H3/q+1. The van der Waals surface area contributed by atoms with Gasteiger partial charge in [0.25, 0.3) is 0 Å². The molecule has 1 heterocycles. The summed E-state index contributed by atoms with van der Waals surface area (Å²) in [4.78, 5) is 9.96. The molecule has 0 aromatic heterocycles. The highest BCUT2D eigenvalue weighted by molar-refractivity contribution is 5.54. The monoisotopic (exact) mass is 113 g/mol. The Balaban J connectivity index is 2.71. The minimum Gasteiger partial charge on any atom is -0.296 e. The van der Waals surface area contributed by atoms with E-state index >= 15 is 0 Å². The van der Waals surface area contributed by atoms with Gasteiger partial charge in [-0.2, -0.15) is 0 Å². The van der Waals surface area contributed by atoms with E-state index < -0.39 is 6.17 Å². The third-order valence-electron chi connectivity index (χ3n) is 0.856. The van der Waals surface area contributed by atoms with Crippen molar-refractivity contribution in [1.29, 1.82) is 0 Å². The van der Waals surface area contributed by atoms with Crippen molar-refractivity contribution in [1.82, 2.24) is 0 Å². The second-order valence-corrected chi connectivity index (χ2v) is 1.42. The van der Waals surface area contributed by atoms with Gasteiger partial charge in [-0.3, -0.25) is 4.79 Å². The van der Waals surface area contributed by atoms with Gasteiger partial charge in [0.1, 0.15) is 7.05 Å². The molecule has 1 atom stereocenters. The van der Waals surface area contributed by atoms with Gasteiger partial charge < -0.3 is 0 Å². The highest BCUT2D eigenvalue weighted by Crippen LogP contribution is 1.98. The second kappa shape index (κ2) is 1.77. The van der Waals surface area contributed by atoms with Crippen LogP contribution in [0.25, 0.3) is 0 Å². The first-order chi connectivity index (χ1) is 3.84. The van der Waals surface area contributed by atoms with Gasteiger partial charge in [-0.05, 0) is 0 Å². The first kappa shape index (κ1) is 5.02. The molecule has 1 aliphatic rings. The van der Waals surface area contributed by atoms with E-state index in [1.807, 2.05) is 0 Å². The Labute approximate surface area is 45.7 Å². The molecular formula is C3H5N4O+. The summed E-state index contributed by atoms with van der Waals surface area (Å²) in [5.74, 6) is 0. The van der Waals surface area contributed by atoms with Crippen molar-refractivity contribution >= 4 is 6.29 Å². The fraction of sp³-hybridized carbons (Fsp3) is 0.667. The number of aldehydes is 1. The normalized spacial score (nSPS) is 25.6. The first-order valence-corrected chi connectivity index (χ1v) is 2.13. The maximum Gasteiger partial charge on any atom is 0.306 e. The Bertz CT molecular complexity index is 161. The summed E-state index contributed by atoms with van der Waals surface area (Å²) in [6.45, 7) is 0. The lowest BCUT2D eigenvalue weighted by Crippen LogP contribution is -2.16. The van der Waals surface area contributed by atoms with E-state index in [4.69, 9.17) is 0 Å². The van der Waals surface area contributed by atoms with Gasteiger partial charge in [0.15, 0.2) is 11.5 Å². The van der Waals surface area contributed by atoms with Crippen molar-refractivity contribution in [3.8, 4) is 0 Å². The van der Waals surface area contributed by atoms with Crippen molar-refractivity contribution in [2.75, 3.05) is 7.05 Å². The summed E-state index contributed by atoms with van der Waals surface area (Å²) < 4.78 is 1.38. The summed E-state index contributed by atoms with van der Waals surface area (Å²) in [6, 6.07) is 0. The average molecular weight is 113 g/mol. The Morgan fingerprint density at radius 3 is 2.75 bits per heavy atom. The molecule has 0 N–H and O–H groups in total. The molecule has 1 aliphatic heterocycles. The fourth-order valence-corrected chi connectivity index (χ4v) is 0.382. The lowest BCUT2D eigenvalue weighted by atomic mass is 10.6. The Kier molecular flexibility index (Phi) is 1.11. The number of carbonyl (C=O) groups excluding carboxylic acids is 1. The van der Waals surface area contributed by atoms with E-state index in [1.165, 1.54) is 4.70 Å². The topological polar surface area (TPSA) is 57.2 Å². The molecule has 0 radical (unpaired) electrons. The van der Waals surface area contributed by atoms with E-state index in [1.54, 1.807) is 7.05 Å². The minimum absolute atomic E-state index is 0.491. The minimum atomic E-state index is -0.491. The van der Waals surface area contributed by atoms with Gasteiger partial charge in [-0.25, -0.2) is 0 Å². The van der Waals surface area contributed by atoms with Crippen molar-refractivity contribution in [2.24, 2.45) is 15.6 Å². The molecule has 0 fully saturated rings. The molecule has 42 valence electrons. The fourth-order valence-electron chi connectivity index (χ4n) is 0.382. The maximum absolute atomic E-state index is 9.96. The van der Waals surface area contributed by atoms with Crippen LogP contribution in [0, 0.1) is 0 Å². The molecule has 0 saturated carbocycles. The zero-order chi connectivity index (χ0) is 5.98. The Morgan fingerprint density at radius 2 is 2.50 bits per heavy atom. The molecule has 0 aliphatic carbocycles. The summed E-state index contributed by atoms with van der Waals surface area (Å²) in [6.07, 6.45) is 0.190. The predicted molar refractivity (Wildman–Crippen MR) is 23.3 cm³/mol. The van der Waals surface area contributed by atoms with Crippen LogP contribution in [0.3, 0.4) is 0 Å². The number of rotatable bonds is 1. The van der Waals surface area contributed by atoms with Gasteiger partial charge in [-0.15, -0.1) is 4.70 Å². The largest absolute Gasteiger partial charge is 0.306 e. The van der Waals surface area contributed by atoms with Gasteiger partial charge in [0, 0.05) is 5.11 Å². The molecule has 0 spiro atoms. The molecule has 0 bridgehead atoms. The van der Waals surface area contributed by atoms with Crippen LogP contribution in [0.2, 0.25) is 0 Å². The average Bonchev–Trinajstić information content (AvgIpc) is 2.14. The number of hydrogen-bond donors (Lipinski definition) is 0. The second-order valence-electron chi connectivity index (χ2n) is 1.42. The van der Waals surface area contributed by atoms with Crippen molar-refractivity contribution in [3.05, 3.63) is 0 Å². The maximum atomic E-state index is 9.96. The van der Waals surface area contributed by atoms with Crippen LogP contribution in [0.5, 0.6) is 0 Å². The molecular weight excluding hydrogens is 108 g/mol. The molecule has 8 heavy (non-hydrogen) atoms. The lowest BCUT2D eigenvalue weighted by Gasteiger charge is -1.85. The van der Waals surface area contributed by atoms with Crippen LogP contribution >= 0.6 is 0 Å². The van der Waals surface area contributed by atoms with E-state index in [0.29, 0.717) is 6.29 Å².